The molecule has 162 valence electrons. The van der Waals surface area contributed by atoms with Gasteiger partial charge in [0.25, 0.3) is 0 Å². The molecule has 8 heteroatoms. The van der Waals surface area contributed by atoms with Gasteiger partial charge in [0.1, 0.15) is 11.9 Å². The fourth-order valence-corrected chi connectivity index (χ4v) is 3.28. The highest BCUT2D eigenvalue weighted by Crippen LogP contribution is 2.22. The Kier molecular flexibility index (Phi) is 10.3. The third-order valence-electron chi connectivity index (χ3n) is 5.10. The highest BCUT2D eigenvalue weighted by molar-refractivity contribution is 5.97. The number of hydroxylamine groups is 2. The summed E-state index contributed by atoms with van der Waals surface area (Å²) < 4.78 is 0. The molecule has 8 nitrogen and oxygen atoms in total. The molecule has 1 heterocycles. The van der Waals surface area contributed by atoms with E-state index >= 15 is 0 Å². The summed E-state index contributed by atoms with van der Waals surface area (Å²) in [7, 11) is 0. The van der Waals surface area contributed by atoms with E-state index in [4.69, 9.17) is 0 Å². The summed E-state index contributed by atoms with van der Waals surface area (Å²) in [6, 6.07) is 3.77. The first-order valence-electron chi connectivity index (χ1n) is 10.2. The molecule has 0 aromatic carbocycles. The Bertz CT molecular complexity index is 653. The molecule has 0 fully saturated rings. The number of carbonyl (C=O) groups is 3. The molecule has 3 amide bonds. The molecule has 0 radical (unpaired) electrons. The van der Waals surface area contributed by atoms with Crippen LogP contribution in [0.3, 0.4) is 0 Å². The van der Waals surface area contributed by atoms with Crippen molar-refractivity contribution < 1.29 is 19.6 Å². The minimum atomic E-state index is -0.759. The van der Waals surface area contributed by atoms with Crippen LogP contribution < -0.4 is 10.6 Å². The largest absolute Gasteiger partial charge is 0.344 e. The number of nitrogens with one attached hydrogen (secondary N) is 2. The summed E-state index contributed by atoms with van der Waals surface area (Å²) in [5.74, 6) is -0.869. The highest BCUT2D eigenvalue weighted by atomic mass is 16.5. The van der Waals surface area contributed by atoms with Crippen molar-refractivity contribution in [2.75, 3.05) is 5.32 Å². The molecular weight excluding hydrogens is 372 g/mol. The average Bonchev–Trinajstić information content (AvgIpc) is 2.71. The summed E-state index contributed by atoms with van der Waals surface area (Å²) in [5.41, 5.74) is 0. The fourth-order valence-electron chi connectivity index (χ4n) is 3.28. The number of amides is 3. The molecule has 0 aliphatic carbocycles. The minimum absolute atomic E-state index is 0.112. The van der Waals surface area contributed by atoms with Gasteiger partial charge in [0, 0.05) is 6.20 Å². The van der Waals surface area contributed by atoms with Gasteiger partial charge in [-0.3, -0.25) is 19.6 Å². The Morgan fingerprint density at radius 3 is 2.34 bits per heavy atom. The van der Waals surface area contributed by atoms with Crippen LogP contribution in [0, 0.1) is 17.8 Å². The Hall–Kier alpha value is -2.48. The van der Waals surface area contributed by atoms with E-state index < -0.39 is 18.0 Å². The molecule has 3 N–H and O–H groups in total. The van der Waals surface area contributed by atoms with Crippen LogP contribution in [0.1, 0.15) is 53.9 Å². The van der Waals surface area contributed by atoms with Crippen molar-refractivity contribution in [3.63, 3.8) is 0 Å². The number of rotatable bonds is 12. The Labute approximate surface area is 173 Å². The third kappa shape index (κ3) is 7.45. The lowest BCUT2D eigenvalue weighted by Gasteiger charge is -2.32. The molecule has 0 saturated carbocycles. The van der Waals surface area contributed by atoms with Gasteiger partial charge in [-0.25, -0.2) is 10.0 Å². The van der Waals surface area contributed by atoms with E-state index in [0.29, 0.717) is 36.6 Å². The maximum absolute atomic E-state index is 13.1. The van der Waals surface area contributed by atoms with Crippen molar-refractivity contribution in [3.8, 4) is 0 Å². The zero-order valence-corrected chi connectivity index (χ0v) is 18.0. The van der Waals surface area contributed by atoms with Crippen LogP contribution in [0.15, 0.2) is 24.4 Å². The number of carbonyl (C=O) groups excluding carboxylic acids is 3. The molecule has 0 bridgehead atoms. The van der Waals surface area contributed by atoms with E-state index in [1.807, 2.05) is 27.7 Å². The maximum atomic E-state index is 13.1. The van der Waals surface area contributed by atoms with Gasteiger partial charge >= 0.3 is 0 Å². The third-order valence-corrected chi connectivity index (χ3v) is 5.10. The molecule has 0 saturated heterocycles. The predicted octanol–water partition coefficient (Wildman–Crippen LogP) is 2.84. The molecule has 1 rings (SSSR count). The lowest BCUT2D eigenvalue weighted by Crippen LogP contribution is -2.53. The molecule has 0 aliphatic heterocycles. The van der Waals surface area contributed by atoms with Crippen LogP contribution in [-0.4, -0.2) is 45.6 Å². The first-order chi connectivity index (χ1) is 13.7. The summed E-state index contributed by atoms with van der Waals surface area (Å²) >= 11 is 0. The topological polar surface area (TPSA) is 112 Å². The molecule has 1 aromatic rings. The van der Waals surface area contributed by atoms with Gasteiger partial charge in [0.05, 0.1) is 12.0 Å². The summed E-state index contributed by atoms with van der Waals surface area (Å²) in [6.45, 7) is 9.57. The van der Waals surface area contributed by atoms with Crippen molar-refractivity contribution >= 4 is 24.0 Å². The zero-order valence-electron chi connectivity index (χ0n) is 18.0. The molecule has 1 aromatic heterocycles. The molecule has 0 spiro atoms. The van der Waals surface area contributed by atoms with Gasteiger partial charge in [0.2, 0.25) is 18.2 Å². The SMILES string of the molecule is CCC(C)[C@H](NC(=O)[C@H](CC(C)C)[C@H](CC)N(O)C=O)C(=O)Nc1ccccn1. The van der Waals surface area contributed by atoms with Crippen LogP contribution in [0.2, 0.25) is 0 Å². The van der Waals surface area contributed by atoms with Gasteiger partial charge in [-0.15, -0.1) is 0 Å². The smallest absolute Gasteiger partial charge is 0.248 e. The van der Waals surface area contributed by atoms with Crippen molar-refractivity contribution in [1.29, 1.82) is 0 Å². The van der Waals surface area contributed by atoms with Crippen molar-refractivity contribution in [2.45, 2.75) is 66.0 Å². The van der Waals surface area contributed by atoms with Crippen LogP contribution in [0.5, 0.6) is 0 Å². The highest BCUT2D eigenvalue weighted by Gasteiger charge is 2.35. The van der Waals surface area contributed by atoms with Crippen molar-refractivity contribution in [3.05, 3.63) is 24.4 Å². The number of nitrogens with zero attached hydrogens (tertiary/aromatic N) is 2. The van der Waals surface area contributed by atoms with E-state index in [-0.39, 0.29) is 23.7 Å². The summed E-state index contributed by atoms with van der Waals surface area (Å²) in [6.07, 6.45) is 3.46. The second-order valence-corrected chi connectivity index (χ2v) is 7.77. The second kappa shape index (κ2) is 12.2. The minimum Gasteiger partial charge on any atom is -0.344 e. The number of pyridine rings is 1. The maximum Gasteiger partial charge on any atom is 0.248 e. The first-order valence-corrected chi connectivity index (χ1v) is 10.2. The lowest BCUT2D eigenvalue weighted by atomic mass is 9.87. The summed E-state index contributed by atoms with van der Waals surface area (Å²) in [5, 5.41) is 16.1. The van der Waals surface area contributed by atoms with Gasteiger partial charge in [-0.1, -0.05) is 47.1 Å². The van der Waals surface area contributed by atoms with Gasteiger partial charge in [-0.05, 0) is 36.8 Å². The van der Waals surface area contributed by atoms with E-state index in [1.165, 1.54) is 0 Å². The molecule has 29 heavy (non-hydrogen) atoms. The van der Waals surface area contributed by atoms with E-state index in [9.17, 15) is 19.6 Å². The van der Waals surface area contributed by atoms with Crippen LogP contribution in [0.4, 0.5) is 5.82 Å². The Morgan fingerprint density at radius 1 is 1.17 bits per heavy atom. The predicted molar refractivity (Wildman–Crippen MR) is 111 cm³/mol. The first kappa shape index (κ1) is 24.6. The zero-order chi connectivity index (χ0) is 22.0. The molecule has 1 unspecified atom stereocenters. The van der Waals surface area contributed by atoms with Crippen molar-refractivity contribution in [2.24, 2.45) is 17.8 Å². The van der Waals surface area contributed by atoms with E-state index in [1.54, 1.807) is 31.3 Å². The quantitative estimate of drug-likeness (QED) is 0.281. The van der Waals surface area contributed by atoms with Crippen molar-refractivity contribution in [1.82, 2.24) is 15.4 Å². The average molecular weight is 407 g/mol. The number of aromatic nitrogens is 1. The fraction of sp³-hybridized carbons (Fsp3) is 0.619. The Balaban J connectivity index is 3.05. The molecule has 0 aliphatic rings. The van der Waals surface area contributed by atoms with Gasteiger partial charge in [0.15, 0.2) is 0 Å². The number of hydrogen-bond acceptors (Lipinski definition) is 5. The Morgan fingerprint density at radius 2 is 1.86 bits per heavy atom. The second-order valence-electron chi connectivity index (χ2n) is 7.77. The lowest BCUT2D eigenvalue weighted by molar-refractivity contribution is -0.169. The van der Waals surface area contributed by atoms with E-state index in [0.717, 1.165) is 0 Å². The summed E-state index contributed by atoms with van der Waals surface area (Å²) in [4.78, 5) is 41.1. The number of anilines is 1. The molecule has 4 atom stereocenters. The van der Waals surface area contributed by atoms with Crippen LogP contribution in [0.25, 0.3) is 0 Å². The van der Waals surface area contributed by atoms with Crippen LogP contribution in [-0.2, 0) is 14.4 Å². The van der Waals surface area contributed by atoms with Gasteiger partial charge < -0.3 is 10.6 Å². The molecular formula is C21H34N4O4. The van der Waals surface area contributed by atoms with E-state index in [2.05, 4.69) is 15.6 Å². The standard InChI is InChI=1S/C21H34N4O4/c1-6-15(5)19(21(28)23-18-10-8-9-11-22-18)24-20(27)16(12-14(3)4)17(7-2)25(29)13-26/h8-11,13-17,19,29H,6-7,12H2,1-5H3,(H,24,27)(H,22,23,28)/t15?,16-,17+,19+/m1/s1. The monoisotopic (exact) mass is 406 g/mol. The normalized spacial score (nSPS) is 15.1. The van der Waals surface area contributed by atoms with Crippen LogP contribution >= 0.6 is 0 Å². The number of hydrogen-bond donors (Lipinski definition) is 3. The van der Waals surface area contributed by atoms with Gasteiger partial charge in [-0.2, -0.15) is 0 Å².